The predicted octanol–water partition coefficient (Wildman–Crippen LogP) is 3.65. The summed E-state index contributed by atoms with van der Waals surface area (Å²) in [6.45, 7) is 5.03. The van der Waals surface area contributed by atoms with Gasteiger partial charge in [-0.15, -0.1) is 0 Å². The monoisotopic (exact) mass is 257 g/mol. The molecule has 2 unspecified atom stereocenters. The number of benzene rings is 2. The third-order valence-electron chi connectivity index (χ3n) is 3.67. The van der Waals surface area contributed by atoms with E-state index in [1.54, 1.807) is 0 Å². The molecule has 0 radical (unpaired) electrons. The Hall–Kier alpha value is -1.38. The number of hydrogen-bond acceptors (Lipinski definition) is 2. The Kier molecular flexibility index (Phi) is 4.94. The van der Waals surface area contributed by atoms with E-state index < -0.39 is 0 Å². The normalized spacial score (nSPS) is 14.5. The van der Waals surface area contributed by atoms with Crippen LogP contribution >= 0.6 is 0 Å². The highest BCUT2D eigenvalue weighted by Crippen LogP contribution is 2.20. The molecule has 0 amide bonds. The fraction of sp³-hybridized carbons (Fsp3) is 0.412. The highest BCUT2D eigenvalue weighted by Gasteiger charge is 2.06. The molecule has 0 bridgehead atoms. The summed E-state index contributed by atoms with van der Waals surface area (Å²) >= 11 is 0. The van der Waals surface area contributed by atoms with Crippen molar-refractivity contribution in [2.24, 2.45) is 0 Å². The van der Waals surface area contributed by atoms with Gasteiger partial charge in [0.05, 0.1) is 6.10 Å². The molecule has 0 aliphatic carbocycles. The molecular formula is C17H23NO. The summed E-state index contributed by atoms with van der Waals surface area (Å²) in [7, 11) is 0. The smallest absolute Gasteiger partial charge is 0.0549 e. The molecule has 0 spiro atoms. The Morgan fingerprint density at radius 2 is 1.84 bits per heavy atom. The maximum atomic E-state index is 9.54. The van der Waals surface area contributed by atoms with Crippen molar-refractivity contribution in [2.45, 2.75) is 38.8 Å². The second kappa shape index (κ2) is 6.69. The van der Waals surface area contributed by atoms with Gasteiger partial charge < -0.3 is 10.4 Å². The molecule has 2 rings (SSSR count). The quantitative estimate of drug-likeness (QED) is 0.828. The lowest BCUT2D eigenvalue weighted by molar-refractivity contribution is 0.159. The van der Waals surface area contributed by atoms with Crippen LogP contribution in [0, 0.1) is 0 Å². The maximum absolute atomic E-state index is 9.54. The van der Waals surface area contributed by atoms with Gasteiger partial charge in [0, 0.05) is 6.04 Å². The van der Waals surface area contributed by atoms with Gasteiger partial charge in [0.25, 0.3) is 0 Å². The molecule has 0 saturated carbocycles. The van der Waals surface area contributed by atoms with Gasteiger partial charge in [-0.1, -0.05) is 43.3 Å². The first-order chi connectivity index (χ1) is 9.20. The zero-order chi connectivity index (χ0) is 13.7. The molecule has 2 nitrogen and oxygen atoms in total. The average molecular weight is 257 g/mol. The molecule has 0 saturated heterocycles. The summed E-state index contributed by atoms with van der Waals surface area (Å²) in [6.07, 6.45) is 1.46. The Morgan fingerprint density at radius 3 is 2.58 bits per heavy atom. The number of fused-ring (bicyclic) bond motifs is 1. The minimum atomic E-state index is -0.184. The fourth-order valence-corrected chi connectivity index (χ4v) is 2.27. The van der Waals surface area contributed by atoms with Crippen LogP contribution in [0.1, 0.15) is 38.3 Å². The molecule has 102 valence electrons. The first-order valence-electron chi connectivity index (χ1n) is 7.11. The zero-order valence-corrected chi connectivity index (χ0v) is 11.8. The largest absolute Gasteiger partial charge is 0.393 e. The SMILES string of the molecule is CCC(O)CCNC(C)c1ccc2ccccc2c1. The van der Waals surface area contributed by atoms with E-state index in [0.717, 1.165) is 19.4 Å². The molecule has 0 heterocycles. The van der Waals surface area contributed by atoms with Crippen LogP contribution < -0.4 is 5.32 Å². The van der Waals surface area contributed by atoms with Crippen molar-refractivity contribution in [1.29, 1.82) is 0 Å². The number of aliphatic hydroxyl groups is 1. The third kappa shape index (κ3) is 3.79. The Labute approximate surface area is 115 Å². The van der Waals surface area contributed by atoms with Gasteiger partial charge in [0.1, 0.15) is 0 Å². The van der Waals surface area contributed by atoms with Crippen molar-refractivity contribution in [2.75, 3.05) is 6.54 Å². The summed E-state index contributed by atoms with van der Waals surface area (Å²) in [5, 5.41) is 15.6. The second-order valence-corrected chi connectivity index (χ2v) is 5.13. The molecular weight excluding hydrogens is 234 g/mol. The average Bonchev–Trinajstić information content (AvgIpc) is 2.46. The maximum Gasteiger partial charge on any atom is 0.0549 e. The topological polar surface area (TPSA) is 32.3 Å². The van der Waals surface area contributed by atoms with Crippen LogP contribution in [-0.2, 0) is 0 Å². The van der Waals surface area contributed by atoms with E-state index in [9.17, 15) is 5.11 Å². The van der Waals surface area contributed by atoms with Crippen LogP contribution in [0.4, 0.5) is 0 Å². The van der Waals surface area contributed by atoms with E-state index in [1.807, 2.05) is 6.92 Å². The predicted molar refractivity (Wildman–Crippen MR) is 81.3 cm³/mol. The van der Waals surface area contributed by atoms with Crippen LogP contribution in [0.2, 0.25) is 0 Å². The highest BCUT2D eigenvalue weighted by molar-refractivity contribution is 5.83. The molecule has 2 atom stereocenters. The van der Waals surface area contributed by atoms with Crippen molar-refractivity contribution in [1.82, 2.24) is 5.32 Å². The van der Waals surface area contributed by atoms with E-state index in [0.29, 0.717) is 6.04 Å². The molecule has 2 heteroatoms. The zero-order valence-electron chi connectivity index (χ0n) is 11.8. The number of hydrogen-bond donors (Lipinski definition) is 2. The van der Waals surface area contributed by atoms with Gasteiger partial charge in [0.15, 0.2) is 0 Å². The summed E-state index contributed by atoms with van der Waals surface area (Å²) < 4.78 is 0. The molecule has 0 aliphatic heterocycles. The summed E-state index contributed by atoms with van der Waals surface area (Å²) in [5.74, 6) is 0. The molecule has 0 aromatic heterocycles. The minimum absolute atomic E-state index is 0.184. The van der Waals surface area contributed by atoms with E-state index in [-0.39, 0.29) is 6.10 Å². The van der Waals surface area contributed by atoms with Crippen molar-refractivity contribution < 1.29 is 5.11 Å². The standard InChI is InChI=1S/C17H23NO/c1-3-17(19)10-11-18-13(2)15-9-8-14-6-4-5-7-16(14)12-15/h4-9,12-13,17-19H,3,10-11H2,1-2H3. The third-order valence-corrected chi connectivity index (χ3v) is 3.67. The fourth-order valence-electron chi connectivity index (χ4n) is 2.27. The summed E-state index contributed by atoms with van der Waals surface area (Å²) in [5.41, 5.74) is 1.30. The van der Waals surface area contributed by atoms with Crippen molar-refractivity contribution >= 4 is 10.8 Å². The van der Waals surface area contributed by atoms with Gasteiger partial charge >= 0.3 is 0 Å². The number of aliphatic hydroxyl groups excluding tert-OH is 1. The molecule has 2 aromatic rings. The Bertz CT molecular complexity index is 523. The van der Waals surface area contributed by atoms with Gasteiger partial charge in [-0.25, -0.2) is 0 Å². The van der Waals surface area contributed by atoms with Crippen LogP contribution in [0.25, 0.3) is 10.8 Å². The lowest BCUT2D eigenvalue weighted by Gasteiger charge is -2.16. The Morgan fingerprint density at radius 1 is 1.11 bits per heavy atom. The van der Waals surface area contributed by atoms with Crippen LogP contribution in [0.15, 0.2) is 42.5 Å². The summed E-state index contributed by atoms with van der Waals surface area (Å²) in [4.78, 5) is 0. The summed E-state index contributed by atoms with van der Waals surface area (Å²) in [6, 6.07) is 15.3. The van der Waals surface area contributed by atoms with E-state index in [4.69, 9.17) is 0 Å². The van der Waals surface area contributed by atoms with Crippen LogP contribution in [0.3, 0.4) is 0 Å². The first-order valence-corrected chi connectivity index (χ1v) is 7.11. The van der Waals surface area contributed by atoms with Gasteiger partial charge in [-0.3, -0.25) is 0 Å². The lowest BCUT2D eigenvalue weighted by atomic mass is 10.0. The van der Waals surface area contributed by atoms with Crippen molar-refractivity contribution in [3.05, 3.63) is 48.0 Å². The number of nitrogens with one attached hydrogen (secondary N) is 1. The van der Waals surface area contributed by atoms with Crippen molar-refractivity contribution in [3.63, 3.8) is 0 Å². The van der Waals surface area contributed by atoms with Crippen LogP contribution in [0.5, 0.6) is 0 Å². The van der Waals surface area contributed by atoms with E-state index in [2.05, 4.69) is 54.7 Å². The molecule has 2 N–H and O–H groups in total. The number of rotatable bonds is 6. The Balaban J connectivity index is 1.99. The van der Waals surface area contributed by atoms with E-state index >= 15 is 0 Å². The van der Waals surface area contributed by atoms with Gasteiger partial charge in [0.2, 0.25) is 0 Å². The first kappa shape index (κ1) is 14.0. The van der Waals surface area contributed by atoms with Gasteiger partial charge in [-0.05, 0) is 48.7 Å². The molecule has 2 aromatic carbocycles. The molecule has 19 heavy (non-hydrogen) atoms. The lowest BCUT2D eigenvalue weighted by Crippen LogP contribution is -2.23. The molecule has 0 fully saturated rings. The highest BCUT2D eigenvalue weighted by atomic mass is 16.3. The molecule has 0 aliphatic rings. The second-order valence-electron chi connectivity index (χ2n) is 5.13. The minimum Gasteiger partial charge on any atom is -0.393 e. The van der Waals surface area contributed by atoms with Gasteiger partial charge in [-0.2, -0.15) is 0 Å². The van der Waals surface area contributed by atoms with Crippen LogP contribution in [-0.4, -0.2) is 17.8 Å². The van der Waals surface area contributed by atoms with Crippen molar-refractivity contribution in [3.8, 4) is 0 Å². The van der Waals surface area contributed by atoms with E-state index in [1.165, 1.54) is 16.3 Å².